The van der Waals surface area contributed by atoms with Crippen LogP contribution in [-0.4, -0.2) is 23.1 Å². The van der Waals surface area contributed by atoms with E-state index in [1.807, 2.05) is 46.9 Å². The third-order valence-electron chi connectivity index (χ3n) is 6.11. The molecule has 0 radical (unpaired) electrons. The summed E-state index contributed by atoms with van der Waals surface area (Å²) in [6.07, 6.45) is 2.71. The van der Waals surface area contributed by atoms with E-state index >= 15 is 0 Å². The van der Waals surface area contributed by atoms with E-state index in [4.69, 9.17) is 16.6 Å². The SMILES string of the molecule is CCCCc1c(-c2ccccc2)n(-c2ccc(Cl)cc2)c2nc3c(c(=O)n(C)c(=O)n3C)n12. The minimum Gasteiger partial charge on any atom is -0.279 e. The van der Waals surface area contributed by atoms with Gasteiger partial charge >= 0.3 is 5.69 Å². The maximum atomic E-state index is 13.3. The van der Waals surface area contributed by atoms with E-state index in [1.165, 1.54) is 11.6 Å². The third-order valence-corrected chi connectivity index (χ3v) is 6.36. The van der Waals surface area contributed by atoms with Crippen LogP contribution in [0.15, 0.2) is 64.2 Å². The predicted molar refractivity (Wildman–Crippen MR) is 132 cm³/mol. The number of nitrogens with zero attached hydrogens (tertiary/aromatic N) is 5. The summed E-state index contributed by atoms with van der Waals surface area (Å²) in [4.78, 5) is 30.7. The van der Waals surface area contributed by atoms with Crippen LogP contribution >= 0.6 is 11.6 Å². The molecule has 0 bridgehead atoms. The molecular weight excluding hydrogens is 438 g/mol. The molecule has 2 aromatic carbocycles. The van der Waals surface area contributed by atoms with Gasteiger partial charge < -0.3 is 0 Å². The summed E-state index contributed by atoms with van der Waals surface area (Å²) in [5.41, 5.74) is 3.90. The summed E-state index contributed by atoms with van der Waals surface area (Å²) in [5.74, 6) is 0.593. The van der Waals surface area contributed by atoms with Gasteiger partial charge in [-0.3, -0.25) is 22.9 Å². The Balaban J connectivity index is 2.03. The maximum absolute atomic E-state index is 13.3. The molecule has 3 heterocycles. The Morgan fingerprint density at radius 2 is 1.64 bits per heavy atom. The molecule has 3 aromatic heterocycles. The van der Waals surface area contributed by atoms with Crippen molar-refractivity contribution in [3.05, 3.63) is 86.2 Å². The molecule has 0 aliphatic rings. The van der Waals surface area contributed by atoms with Crippen LogP contribution in [0.4, 0.5) is 0 Å². The van der Waals surface area contributed by atoms with Crippen molar-refractivity contribution in [2.75, 3.05) is 0 Å². The lowest BCUT2D eigenvalue weighted by Crippen LogP contribution is -2.37. The molecule has 0 atom stereocenters. The van der Waals surface area contributed by atoms with Crippen LogP contribution in [0, 0.1) is 0 Å². The topological polar surface area (TPSA) is 66.2 Å². The Bertz CT molecular complexity index is 1610. The molecule has 0 unspecified atom stereocenters. The second-order valence-electron chi connectivity index (χ2n) is 8.20. The van der Waals surface area contributed by atoms with Crippen molar-refractivity contribution < 1.29 is 0 Å². The fourth-order valence-electron chi connectivity index (χ4n) is 4.43. The van der Waals surface area contributed by atoms with Gasteiger partial charge in [0, 0.05) is 30.4 Å². The Morgan fingerprint density at radius 3 is 2.30 bits per heavy atom. The molecule has 5 rings (SSSR count). The molecule has 0 amide bonds. The summed E-state index contributed by atoms with van der Waals surface area (Å²) in [5, 5.41) is 0.638. The lowest BCUT2D eigenvalue weighted by molar-refractivity contribution is 0.706. The van der Waals surface area contributed by atoms with Gasteiger partial charge in [-0.25, -0.2) is 4.79 Å². The number of rotatable bonds is 5. The summed E-state index contributed by atoms with van der Waals surface area (Å²) in [7, 11) is 3.15. The second kappa shape index (κ2) is 8.08. The smallest absolute Gasteiger partial charge is 0.279 e. The van der Waals surface area contributed by atoms with E-state index in [0.29, 0.717) is 22.0 Å². The number of aromatic nitrogens is 5. The van der Waals surface area contributed by atoms with Gasteiger partial charge in [-0.05, 0) is 37.1 Å². The summed E-state index contributed by atoms with van der Waals surface area (Å²) < 4.78 is 6.56. The zero-order valence-corrected chi connectivity index (χ0v) is 19.5. The van der Waals surface area contributed by atoms with Crippen molar-refractivity contribution >= 4 is 28.5 Å². The monoisotopic (exact) mass is 461 g/mol. The Labute approximate surface area is 195 Å². The van der Waals surface area contributed by atoms with E-state index in [0.717, 1.165) is 46.5 Å². The molecule has 0 aliphatic carbocycles. The molecule has 0 aliphatic heterocycles. The van der Waals surface area contributed by atoms with Crippen molar-refractivity contribution in [1.82, 2.24) is 23.1 Å². The minimum absolute atomic E-state index is 0.355. The van der Waals surface area contributed by atoms with Crippen LogP contribution in [-0.2, 0) is 20.5 Å². The normalized spacial score (nSPS) is 11.6. The fraction of sp³-hybridized carbons (Fsp3) is 0.240. The summed E-state index contributed by atoms with van der Waals surface area (Å²) in [6, 6.07) is 17.7. The van der Waals surface area contributed by atoms with E-state index in [2.05, 4.69) is 23.6 Å². The molecular formula is C25H24ClN5O2. The zero-order chi connectivity index (χ0) is 23.3. The van der Waals surface area contributed by atoms with Gasteiger partial charge in [0.05, 0.1) is 11.4 Å². The molecule has 33 heavy (non-hydrogen) atoms. The van der Waals surface area contributed by atoms with Crippen LogP contribution in [0.5, 0.6) is 0 Å². The largest absolute Gasteiger partial charge is 0.332 e. The molecule has 168 valence electrons. The van der Waals surface area contributed by atoms with Gasteiger partial charge in [-0.1, -0.05) is 55.3 Å². The van der Waals surface area contributed by atoms with Crippen LogP contribution in [0.3, 0.4) is 0 Å². The maximum Gasteiger partial charge on any atom is 0.332 e. The van der Waals surface area contributed by atoms with Crippen molar-refractivity contribution in [3.63, 3.8) is 0 Å². The van der Waals surface area contributed by atoms with Gasteiger partial charge in [0.2, 0.25) is 5.78 Å². The molecule has 0 saturated carbocycles. The average molecular weight is 462 g/mol. The molecule has 0 spiro atoms. The number of imidazole rings is 2. The molecule has 7 nitrogen and oxygen atoms in total. The zero-order valence-electron chi connectivity index (χ0n) is 18.7. The van der Waals surface area contributed by atoms with E-state index in [-0.39, 0.29) is 5.56 Å². The van der Waals surface area contributed by atoms with Gasteiger partial charge in [0.25, 0.3) is 5.56 Å². The highest BCUT2D eigenvalue weighted by molar-refractivity contribution is 6.30. The summed E-state index contributed by atoms with van der Waals surface area (Å²) >= 11 is 6.18. The molecule has 8 heteroatoms. The number of fused-ring (bicyclic) bond motifs is 3. The van der Waals surface area contributed by atoms with Gasteiger partial charge in [-0.2, -0.15) is 4.98 Å². The Morgan fingerprint density at radius 1 is 0.939 bits per heavy atom. The first-order valence-electron chi connectivity index (χ1n) is 11.0. The van der Waals surface area contributed by atoms with Crippen LogP contribution in [0.2, 0.25) is 5.02 Å². The van der Waals surface area contributed by atoms with Crippen molar-refractivity contribution in [2.24, 2.45) is 14.1 Å². The predicted octanol–water partition coefficient (Wildman–Crippen LogP) is 4.34. The van der Waals surface area contributed by atoms with Crippen molar-refractivity contribution in [1.29, 1.82) is 0 Å². The fourth-order valence-corrected chi connectivity index (χ4v) is 4.55. The van der Waals surface area contributed by atoms with E-state index < -0.39 is 5.69 Å². The number of halogens is 1. The van der Waals surface area contributed by atoms with Gasteiger partial charge in [0.1, 0.15) is 0 Å². The third kappa shape index (κ3) is 3.23. The van der Waals surface area contributed by atoms with E-state index in [9.17, 15) is 9.59 Å². The standard InChI is InChI=1S/C25H24ClN5O2/c1-4-5-11-19-20(16-9-7-6-8-10-16)30(18-14-12-17(26)13-15-18)24-27-22-21(31(19)24)23(32)29(3)25(33)28(22)2/h6-10,12-15H,4-5,11H2,1-3H3. The number of unbranched alkanes of at least 4 members (excludes halogenated alkanes) is 1. The van der Waals surface area contributed by atoms with Crippen LogP contribution in [0.25, 0.3) is 33.9 Å². The highest BCUT2D eigenvalue weighted by atomic mass is 35.5. The molecule has 0 saturated heterocycles. The molecule has 0 fully saturated rings. The first-order valence-corrected chi connectivity index (χ1v) is 11.3. The number of aryl methyl sites for hydroxylation is 2. The number of hydrogen-bond acceptors (Lipinski definition) is 3. The molecule has 0 N–H and O–H groups in total. The lowest BCUT2D eigenvalue weighted by atomic mass is 10.1. The Hall–Kier alpha value is -3.58. The summed E-state index contributed by atoms with van der Waals surface area (Å²) in [6.45, 7) is 2.14. The Kier molecular flexibility index (Phi) is 5.21. The first kappa shape index (κ1) is 21.3. The van der Waals surface area contributed by atoms with Gasteiger partial charge in [0.15, 0.2) is 11.2 Å². The first-order chi connectivity index (χ1) is 15.9. The minimum atomic E-state index is -0.398. The molecule has 5 aromatic rings. The van der Waals surface area contributed by atoms with Gasteiger partial charge in [-0.15, -0.1) is 0 Å². The quantitative estimate of drug-likeness (QED) is 0.391. The lowest BCUT2D eigenvalue weighted by Gasteiger charge is -2.12. The second-order valence-corrected chi connectivity index (χ2v) is 8.64. The number of hydrogen-bond donors (Lipinski definition) is 0. The number of benzene rings is 2. The average Bonchev–Trinajstić information content (AvgIpc) is 3.36. The van der Waals surface area contributed by atoms with E-state index in [1.54, 1.807) is 7.05 Å². The van der Waals surface area contributed by atoms with Crippen LogP contribution in [0.1, 0.15) is 25.5 Å². The van der Waals surface area contributed by atoms with Crippen molar-refractivity contribution in [2.45, 2.75) is 26.2 Å². The highest BCUT2D eigenvalue weighted by Gasteiger charge is 2.26. The highest BCUT2D eigenvalue weighted by Crippen LogP contribution is 2.34. The van der Waals surface area contributed by atoms with Crippen LogP contribution < -0.4 is 11.2 Å². The van der Waals surface area contributed by atoms with Crippen molar-refractivity contribution in [3.8, 4) is 16.9 Å².